The van der Waals surface area contributed by atoms with E-state index in [1.165, 1.54) is 0 Å². The SMILES string of the molecule is CCc1n[nH]c(=S)n1NCc1cc(Cl)c(OCc2ccc(Cl)cc2Cl)c(OC)c1. The van der Waals surface area contributed by atoms with E-state index in [4.69, 9.17) is 56.5 Å². The summed E-state index contributed by atoms with van der Waals surface area (Å²) in [6, 6.07) is 8.90. The Bertz CT molecular complexity index is 1070. The van der Waals surface area contributed by atoms with Gasteiger partial charge in [-0.25, -0.2) is 4.68 Å². The Kier molecular flexibility index (Phi) is 7.29. The number of rotatable bonds is 8. The third kappa shape index (κ3) is 5.17. The van der Waals surface area contributed by atoms with Crippen LogP contribution in [0, 0.1) is 4.77 Å². The lowest BCUT2D eigenvalue weighted by molar-refractivity contribution is 0.284. The highest BCUT2D eigenvalue weighted by Crippen LogP contribution is 2.37. The third-order valence-corrected chi connectivity index (χ3v) is 5.32. The van der Waals surface area contributed by atoms with Gasteiger partial charge in [0.2, 0.25) is 4.77 Å². The predicted octanol–water partition coefficient (Wildman–Crippen LogP) is 5.79. The molecule has 29 heavy (non-hydrogen) atoms. The maximum atomic E-state index is 6.46. The molecule has 3 rings (SSSR count). The van der Waals surface area contributed by atoms with Crippen LogP contribution in [0.2, 0.25) is 15.1 Å². The molecule has 0 atom stereocenters. The molecule has 2 aromatic carbocycles. The number of halogens is 3. The molecule has 0 spiro atoms. The van der Waals surface area contributed by atoms with E-state index in [0.717, 1.165) is 23.4 Å². The molecule has 154 valence electrons. The van der Waals surface area contributed by atoms with Crippen molar-refractivity contribution in [2.45, 2.75) is 26.5 Å². The first-order valence-corrected chi connectivity index (χ1v) is 10.3. The standard InChI is InChI=1S/C19H19Cl3N4O2S/c1-3-17-24-25-19(29)26(17)23-9-11-6-15(22)18(16(7-11)27-2)28-10-12-4-5-13(20)8-14(12)21/h4-8,23H,3,9-10H2,1-2H3,(H,25,29). The lowest BCUT2D eigenvalue weighted by atomic mass is 10.2. The quantitative estimate of drug-likeness (QED) is 0.405. The first-order chi connectivity index (χ1) is 13.9. The molecule has 0 bridgehead atoms. The molecule has 0 radical (unpaired) electrons. The lowest BCUT2D eigenvalue weighted by Gasteiger charge is -2.16. The number of aromatic amines is 1. The summed E-state index contributed by atoms with van der Waals surface area (Å²) < 4.78 is 13.6. The number of aromatic nitrogens is 3. The molecule has 0 amide bonds. The Morgan fingerprint density at radius 1 is 1.17 bits per heavy atom. The van der Waals surface area contributed by atoms with E-state index < -0.39 is 0 Å². The molecule has 6 nitrogen and oxygen atoms in total. The third-order valence-electron chi connectivity index (χ3n) is 4.18. The summed E-state index contributed by atoms with van der Waals surface area (Å²) in [5.74, 6) is 1.77. The molecule has 0 aliphatic carbocycles. The number of nitrogens with one attached hydrogen (secondary N) is 2. The Hall–Kier alpha value is -1.93. The fraction of sp³-hybridized carbons (Fsp3) is 0.263. The zero-order valence-corrected chi connectivity index (χ0v) is 18.8. The minimum absolute atomic E-state index is 0.230. The van der Waals surface area contributed by atoms with Crippen LogP contribution in [-0.2, 0) is 19.6 Å². The van der Waals surface area contributed by atoms with Crippen LogP contribution in [-0.4, -0.2) is 22.0 Å². The molecule has 0 aliphatic heterocycles. The predicted molar refractivity (Wildman–Crippen MR) is 119 cm³/mol. The summed E-state index contributed by atoms with van der Waals surface area (Å²) in [6.45, 7) is 2.70. The van der Waals surface area contributed by atoms with Gasteiger partial charge in [0.25, 0.3) is 0 Å². The van der Waals surface area contributed by atoms with Crippen molar-refractivity contribution in [2.75, 3.05) is 12.5 Å². The van der Waals surface area contributed by atoms with Gasteiger partial charge in [-0.3, -0.25) is 5.10 Å². The molecule has 10 heteroatoms. The van der Waals surface area contributed by atoms with Gasteiger partial charge in [0, 0.05) is 22.0 Å². The van der Waals surface area contributed by atoms with Gasteiger partial charge in [0.1, 0.15) is 6.61 Å². The minimum Gasteiger partial charge on any atom is -0.493 e. The summed E-state index contributed by atoms with van der Waals surface area (Å²) in [6.07, 6.45) is 0.740. The number of hydrogen-bond donors (Lipinski definition) is 2. The lowest BCUT2D eigenvalue weighted by Crippen LogP contribution is -2.17. The second-order valence-electron chi connectivity index (χ2n) is 6.10. The highest BCUT2D eigenvalue weighted by Gasteiger charge is 2.14. The van der Waals surface area contributed by atoms with E-state index in [-0.39, 0.29) is 6.61 Å². The second kappa shape index (κ2) is 9.71. The fourth-order valence-electron chi connectivity index (χ4n) is 2.70. The van der Waals surface area contributed by atoms with E-state index in [1.807, 2.05) is 25.1 Å². The number of methoxy groups -OCH3 is 1. The average Bonchev–Trinajstić information content (AvgIpc) is 3.06. The van der Waals surface area contributed by atoms with Gasteiger partial charge in [-0.2, -0.15) is 5.10 Å². The van der Waals surface area contributed by atoms with Crippen molar-refractivity contribution in [1.29, 1.82) is 0 Å². The molecule has 1 aromatic heterocycles. The summed E-state index contributed by atoms with van der Waals surface area (Å²) in [4.78, 5) is 0. The summed E-state index contributed by atoms with van der Waals surface area (Å²) in [7, 11) is 1.56. The minimum atomic E-state index is 0.230. The average molecular weight is 474 g/mol. The van der Waals surface area contributed by atoms with Crippen molar-refractivity contribution in [1.82, 2.24) is 14.9 Å². The van der Waals surface area contributed by atoms with Gasteiger partial charge in [0.15, 0.2) is 17.3 Å². The van der Waals surface area contributed by atoms with Crippen LogP contribution in [0.15, 0.2) is 30.3 Å². The highest BCUT2D eigenvalue weighted by molar-refractivity contribution is 7.71. The Morgan fingerprint density at radius 2 is 1.97 bits per heavy atom. The molecule has 0 saturated heterocycles. The Morgan fingerprint density at radius 3 is 2.66 bits per heavy atom. The molecule has 0 fully saturated rings. The molecular formula is C19H19Cl3N4O2S. The monoisotopic (exact) mass is 472 g/mol. The summed E-state index contributed by atoms with van der Waals surface area (Å²) in [5.41, 5.74) is 4.92. The maximum Gasteiger partial charge on any atom is 0.214 e. The molecule has 0 aliphatic rings. The molecule has 1 heterocycles. The summed E-state index contributed by atoms with van der Waals surface area (Å²) >= 11 is 23.8. The van der Waals surface area contributed by atoms with Crippen LogP contribution in [0.25, 0.3) is 0 Å². The second-order valence-corrected chi connectivity index (χ2v) is 7.74. The smallest absolute Gasteiger partial charge is 0.214 e. The summed E-state index contributed by atoms with van der Waals surface area (Å²) in [5, 5.41) is 8.46. The van der Waals surface area contributed by atoms with Gasteiger partial charge < -0.3 is 14.9 Å². The van der Waals surface area contributed by atoms with Crippen molar-refractivity contribution in [2.24, 2.45) is 0 Å². The first kappa shape index (κ1) is 21.8. The van der Waals surface area contributed by atoms with Gasteiger partial charge in [-0.15, -0.1) is 0 Å². The van der Waals surface area contributed by atoms with E-state index in [1.54, 1.807) is 23.9 Å². The largest absolute Gasteiger partial charge is 0.493 e. The number of ether oxygens (including phenoxy) is 2. The maximum absolute atomic E-state index is 6.46. The number of benzene rings is 2. The van der Waals surface area contributed by atoms with Gasteiger partial charge in [-0.05, 0) is 42.0 Å². The normalized spacial score (nSPS) is 10.8. The zero-order chi connectivity index (χ0) is 21.0. The van der Waals surface area contributed by atoms with Crippen molar-refractivity contribution in [3.8, 4) is 11.5 Å². The fourth-order valence-corrected chi connectivity index (χ4v) is 3.67. The van der Waals surface area contributed by atoms with E-state index >= 15 is 0 Å². The molecule has 0 unspecified atom stereocenters. The van der Waals surface area contributed by atoms with Gasteiger partial charge >= 0.3 is 0 Å². The topological polar surface area (TPSA) is 64.1 Å². The van der Waals surface area contributed by atoms with Crippen molar-refractivity contribution < 1.29 is 9.47 Å². The Balaban J connectivity index is 1.76. The first-order valence-electron chi connectivity index (χ1n) is 8.76. The molecule has 0 saturated carbocycles. The number of nitrogens with zero attached hydrogens (tertiary/aromatic N) is 2. The van der Waals surface area contributed by atoms with Crippen LogP contribution >= 0.6 is 47.0 Å². The molecule has 2 N–H and O–H groups in total. The van der Waals surface area contributed by atoms with Crippen molar-refractivity contribution >= 4 is 47.0 Å². The zero-order valence-electron chi connectivity index (χ0n) is 15.8. The molecule has 3 aromatic rings. The van der Waals surface area contributed by atoms with Crippen LogP contribution in [0.5, 0.6) is 11.5 Å². The number of hydrogen-bond acceptors (Lipinski definition) is 5. The number of H-pyrrole nitrogens is 1. The van der Waals surface area contributed by atoms with Crippen molar-refractivity contribution in [3.63, 3.8) is 0 Å². The van der Waals surface area contributed by atoms with E-state index in [0.29, 0.717) is 37.9 Å². The van der Waals surface area contributed by atoms with Crippen LogP contribution in [0.1, 0.15) is 23.9 Å². The van der Waals surface area contributed by atoms with E-state index in [2.05, 4.69) is 15.6 Å². The van der Waals surface area contributed by atoms with E-state index in [9.17, 15) is 0 Å². The van der Waals surface area contributed by atoms with Crippen LogP contribution in [0.3, 0.4) is 0 Å². The van der Waals surface area contributed by atoms with Crippen molar-refractivity contribution in [3.05, 3.63) is 67.1 Å². The van der Waals surface area contributed by atoms with Gasteiger partial charge in [-0.1, -0.05) is 47.8 Å². The van der Waals surface area contributed by atoms with Gasteiger partial charge in [0.05, 0.1) is 18.7 Å². The highest BCUT2D eigenvalue weighted by atomic mass is 35.5. The van der Waals surface area contributed by atoms with Crippen LogP contribution in [0.4, 0.5) is 0 Å². The van der Waals surface area contributed by atoms with Crippen LogP contribution < -0.4 is 14.9 Å². The molecular weight excluding hydrogens is 455 g/mol. The Labute approximate surface area is 188 Å². The number of aryl methyl sites for hydroxylation is 1.